The molecule has 6 saturated carbocycles. The Morgan fingerprint density at radius 1 is 0.857 bits per heavy atom. The zero-order chi connectivity index (χ0) is 14.3. The van der Waals surface area contributed by atoms with Gasteiger partial charge in [0, 0.05) is 13.8 Å². The van der Waals surface area contributed by atoms with Crippen LogP contribution in [0.1, 0.15) is 26.7 Å². The molecule has 0 N–H and O–H groups in total. The molecular formula is C17H18O4. The minimum Gasteiger partial charge on any atom is -0.419 e. The molecule has 0 amide bonds. The Labute approximate surface area is 122 Å². The third kappa shape index (κ3) is 0.984. The third-order valence-electron chi connectivity index (χ3n) is 7.46. The summed E-state index contributed by atoms with van der Waals surface area (Å²) >= 11 is 0. The van der Waals surface area contributed by atoms with Crippen LogP contribution in [0.2, 0.25) is 0 Å². The number of esters is 2. The highest BCUT2D eigenvalue weighted by Gasteiger charge is 2.79. The fourth-order valence-corrected chi connectivity index (χ4v) is 7.54. The zero-order valence-electron chi connectivity index (χ0n) is 12.2. The van der Waals surface area contributed by atoms with Crippen molar-refractivity contribution in [3.8, 4) is 0 Å². The van der Waals surface area contributed by atoms with Gasteiger partial charge in [-0.05, 0) is 65.8 Å². The second-order valence-corrected chi connectivity index (χ2v) is 8.34. The summed E-state index contributed by atoms with van der Waals surface area (Å²) in [7, 11) is 0. The van der Waals surface area contributed by atoms with Crippen LogP contribution in [0.3, 0.4) is 0 Å². The van der Waals surface area contributed by atoms with Gasteiger partial charge in [-0.15, -0.1) is 0 Å². The van der Waals surface area contributed by atoms with Crippen LogP contribution in [0.5, 0.6) is 0 Å². The molecule has 7 fully saturated rings. The second kappa shape index (κ2) is 2.92. The maximum Gasteiger partial charge on any atom is 0.348 e. The van der Waals surface area contributed by atoms with Crippen molar-refractivity contribution in [3.63, 3.8) is 0 Å². The van der Waals surface area contributed by atoms with E-state index >= 15 is 0 Å². The molecule has 1 saturated heterocycles. The van der Waals surface area contributed by atoms with Crippen molar-refractivity contribution in [3.05, 3.63) is 11.1 Å². The molecule has 4 heteroatoms. The highest BCUT2D eigenvalue weighted by Crippen LogP contribution is 2.84. The van der Waals surface area contributed by atoms with Crippen LogP contribution < -0.4 is 0 Å². The first-order valence-corrected chi connectivity index (χ1v) is 8.19. The lowest BCUT2D eigenvalue weighted by Gasteiger charge is -2.33. The lowest BCUT2D eigenvalue weighted by Crippen LogP contribution is -2.42. The summed E-state index contributed by atoms with van der Waals surface area (Å²) in [5.74, 6) is 3.74. The van der Waals surface area contributed by atoms with E-state index in [2.05, 4.69) is 0 Å². The average Bonchev–Trinajstić information content (AvgIpc) is 3.02. The summed E-state index contributed by atoms with van der Waals surface area (Å²) in [6.07, 6.45) is 2.67. The Morgan fingerprint density at radius 2 is 1.33 bits per heavy atom. The molecule has 0 spiro atoms. The summed E-state index contributed by atoms with van der Waals surface area (Å²) < 4.78 is 10.7. The van der Waals surface area contributed by atoms with Crippen LogP contribution in [0, 0.1) is 47.3 Å². The standard InChI is InChI=1S/C17H18O4/c1-17(2)20-15(18)14(16(19)21-17)13-11-7-3-5-6-4-8(9(5)11)12(13)10(6)7/h5-12H,3-4H2,1-2H3/t5-,6-,7+,8+,9-,10+,11-,12-/m0/s1. The summed E-state index contributed by atoms with van der Waals surface area (Å²) in [5, 5.41) is 0. The van der Waals surface area contributed by atoms with Crippen LogP contribution >= 0.6 is 0 Å². The molecule has 7 rings (SSSR count). The summed E-state index contributed by atoms with van der Waals surface area (Å²) in [4.78, 5) is 24.8. The topological polar surface area (TPSA) is 52.6 Å². The Balaban J connectivity index is 1.54. The van der Waals surface area contributed by atoms with Gasteiger partial charge in [-0.2, -0.15) is 0 Å². The van der Waals surface area contributed by atoms with Crippen LogP contribution in [0.25, 0.3) is 0 Å². The van der Waals surface area contributed by atoms with Crippen molar-refractivity contribution >= 4 is 11.9 Å². The molecule has 6 bridgehead atoms. The molecule has 0 aromatic carbocycles. The minimum atomic E-state index is -1.13. The lowest BCUT2D eigenvalue weighted by molar-refractivity contribution is -0.222. The second-order valence-electron chi connectivity index (χ2n) is 8.34. The van der Waals surface area contributed by atoms with E-state index in [1.807, 2.05) is 0 Å². The first-order valence-electron chi connectivity index (χ1n) is 8.19. The van der Waals surface area contributed by atoms with Crippen molar-refractivity contribution in [2.45, 2.75) is 32.5 Å². The summed E-state index contributed by atoms with van der Waals surface area (Å²) in [5.41, 5.74) is 1.42. The fraction of sp³-hybridized carbons (Fsp3) is 0.765. The molecule has 0 unspecified atom stereocenters. The molecule has 8 atom stereocenters. The highest BCUT2D eigenvalue weighted by molar-refractivity contribution is 6.16. The Kier molecular flexibility index (Phi) is 1.57. The number of hydrogen-bond acceptors (Lipinski definition) is 4. The molecule has 110 valence electrons. The molecule has 0 radical (unpaired) electrons. The van der Waals surface area contributed by atoms with Crippen LogP contribution in [0.4, 0.5) is 0 Å². The summed E-state index contributed by atoms with van der Waals surface area (Å²) in [6, 6.07) is 0. The van der Waals surface area contributed by atoms with Crippen LogP contribution in [0.15, 0.2) is 11.1 Å². The monoisotopic (exact) mass is 286 g/mol. The van der Waals surface area contributed by atoms with Gasteiger partial charge in [0.05, 0.1) is 0 Å². The van der Waals surface area contributed by atoms with Gasteiger partial charge in [0.25, 0.3) is 5.79 Å². The predicted molar refractivity (Wildman–Crippen MR) is 70.4 cm³/mol. The van der Waals surface area contributed by atoms with E-state index in [0.717, 1.165) is 41.1 Å². The third-order valence-corrected chi connectivity index (χ3v) is 7.46. The van der Waals surface area contributed by atoms with Crippen molar-refractivity contribution < 1.29 is 19.1 Å². The Hall–Kier alpha value is -1.32. The number of rotatable bonds is 0. The fourth-order valence-electron chi connectivity index (χ4n) is 7.54. The van der Waals surface area contributed by atoms with E-state index in [1.54, 1.807) is 13.8 Å². The average molecular weight is 286 g/mol. The van der Waals surface area contributed by atoms with E-state index in [9.17, 15) is 9.59 Å². The SMILES string of the molecule is CC1(C)OC(=O)C(=C2[C@H]3[C@@H]4C[C@H]5[C@@H]6C[C@@H]([C@H]2[C@@H]64)[C@@H]53)C(=O)O1. The number of hydrogen-bond donors (Lipinski definition) is 0. The molecule has 0 aromatic heterocycles. The van der Waals surface area contributed by atoms with Gasteiger partial charge in [0.15, 0.2) is 0 Å². The van der Waals surface area contributed by atoms with Crippen molar-refractivity contribution in [1.82, 2.24) is 0 Å². The van der Waals surface area contributed by atoms with Gasteiger partial charge in [0.1, 0.15) is 5.57 Å². The van der Waals surface area contributed by atoms with Gasteiger partial charge < -0.3 is 9.47 Å². The number of ether oxygens (including phenoxy) is 2. The summed E-state index contributed by atoms with van der Waals surface area (Å²) in [6.45, 7) is 3.23. The van der Waals surface area contributed by atoms with Crippen molar-refractivity contribution in [2.75, 3.05) is 0 Å². The van der Waals surface area contributed by atoms with Crippen LogP contribution in [-0.4, -0.2) is 17.7 Å². The first-order chi connectivity index (χ1) is 9.98. The van der Waals surface area contributed by atoms with Gasteiger partial charge in [-0.25, -0.2) is 9.59 Å². The van der Waals surface area contributed by atoms with Crippen molar-refractivity contribution in [1.29, 1.82) is 0 Å². The van der Waals surface area contributed by atoms with Gasteiger partial charge in [0.2, 0.25) is 0 Å². The Morgan fingerprint density at radius 3 is 1.81 bits per heavy atom. The van der Waals surface area contributed by atoms with E-state index in [4.69, 9.17) is 9.47 Å². The first kappa shape index (κ1) is 11.3. The van der Waals surface area contributed by atoms with E-state index in [0.29, 0.717) is 11.8 Å². The Bertz CT molecular complexity index is 608. The van der Waals surface area contributed by atoms with Gasteiger partial charge in [-0.1, -0.05) is 0 Å². The quantitative estimate of drug-likeness (QED) is 0.388. The van der Waals surface area contributed by atoms with Gasteiger partial charge in [-0.3, -0.25) is 0 Å². The number of carbonyl (C=O) groups is 2. The molecule has 6 aliphatic carbocycles. The largest absolute Gasteiger partial charge is 0.419 e. The molecule has 7 aliphatic rings. The lowest BCUT2D eigenvalue weighted by atomic mass is 9.71. The number of carbonyl (C=O) groups excluding carboxylic acids is 2. The molecular weight excluding hydrogens is 268 g/mol. The molecule has 1 heterocycles. The minimum absolute atomic E-state index is 0.271. The van der Waals surface area contributed by atoms with E-state index in [-0.39, 0.29) is 5.57 Å². The van der Waals surface area contributed by atoms with E-state index in [1.165, 1.54) is 12.8 Å². The maximum absolute atomic E-state index is 12.4. The predicted octanol–water partition coefficient (Wildman–Crippen LogP) is 1.90. The van der Waals surface area contributed by atoms with E-state index < -0.39 is 17.7 Å². The van der Waals surface area contributed by atoms with Gasteiger partial charge >= 0.3 is 11.9 Å². The van der Waals surface area contributed by atoms with Crippen molar-refractivity contribution in [2.24, 2.45) is 47.3 Å². The number of cyclic esters (lactones) is 2. The smallest absolute Gasteiger partial charge is 0.348 e. The maximum atomic E-state index is 12.4. The highest BCUT2D eigenvalue weighted by atomic mass is 16.7. The molecule has 4 nitrogen and oxygen atoms in total. The number of allylic oxidation sites excluding steroid dienone is 1. The normalized spacial score (nSPS) is 56.9. The molecule has 0 aromatic rings. The zero-order valence-corrected chi connectivity index (χ0v) is 12.2. The molecule has 1 aliphatic heterocycles. The molecule has 21 heavy (non-hydrogen) atoms. The van der Waals surface area contributed by atoms with Crippen LogP contribution in [-0.2, 0) is 19.1 Å².